The Bertz CT molecular complexity index is 349. The van der Waals surface area contributed by atoms with E-state index in [9.17, 15) is 0 Å². The minimum absolute atomic E-state index is 0.851. The molecular weight excluding hydrogens is 224 g/mol. The number of nitrogens with two attached hydrogens (primary N) is 1. The molecule has 0 radical (unpaired) electrons. The van der Waals surface area contributed by atoms with Gasteiger partial charge in [0.25, 0.3) is 0 Å². The van der Waals surface area contributed by atoms with E-state index in [1.165, 1.54) is 25.7 Å². The van der Waals surface area contributed by atoms with Crippen LogP contribution >= 0.6 is 0 Å². The highest BCUT2D eigenvalue weighted by atomic mass is 15.4. The second kappa shape index (κ2) is 7.29. The molecule has 4 heteroatoms. The number of unbranched alkanes of at least 4 members (excludes halogenated alkanes) is 2. The number of rotatable bonds is 8. The highest BCUT2D eigenvalue weighted by Crippen LogP contribution is 2.27. The van der Waals surface area contributed by atoms with Crippen molar-refractivity contribution in [3.63, 3.8) is 0 Å². The Morgan fingerprint density at radius 3 is 2.11 bits per heavy atom. The van der Waals surface area contributed by atoms with E-state index in [0.717, 1.165) is 36.8 Å². The maximum absolute atomic E-state index is 6.20. The molecule has 0 aliphatic rings. The van der Waals surface area contributed by atoms with Crippen molar-refractivity contribution < 1.29 is 0 Å². The van der Waals surface area contributed by atoms with Crippen molar-refractivity contribution >= 4 is 11.5 Å². The fourth-order valence-corrected chi connectivity index (χ4v) is 2.16. The van der Waals surface area contributed by atoms with E-state index in [-0.39, 0.29) is 0 Å². The number of hydrogen-bond acceptors (Lipinski definition) is 3. The summed E-state index contributed by atoms with van der Waals surface area (Å²) >= 11 is 0. The molecule has 0 atom stereocenters. The third-order valence-electron chi connectivity index (χ3n) is 3.31. The maximum atomic E-state index is 6.20. The van der Waals surface area contributed by atoms with E-state index < -0.39 is 0 Å². The molecule has 0 aromatic carbocycles. The molecule has 0 aliphatic heterocycles. The number of aryl methyl sites for hydroxylation is 2. The summed E-state index contributed by atoms with van der Waals surface area (Å²) in [7, 11) is 0. The molecule has 0 amide bonds. The summed E-state index contributed by atoms with van der Waals surface area (Å²) in [4.78, 5) is 2.41. The Hall–Kier alpha value is -1.19. The van der Waals surface area contributed by atoms with E-state index in [2.05, 4.69) is 30.8 Å². The molecule has 0 unspecified atom stereocenters. The first-order valence-corrected chi connectivity index (χ1v) is 7.23. The summed E-state index contributed by atoms with van der Waals surface area (Å²) in [5.74, 6) is 1.12. The fourth-order valence-electron chi connectivity index (χ4n) is 2.16. The zero-order valence-corrected chi connectivity index (χ0v) is 12.4. The lowest BCUT2D eigenvalue weighted by molar-refractivity contribution is 0.606. The lowest BCUT2D eigenvalue weighted by Gasteiger charge is -2.25. The molecule has 0 spiro atoms. The van der Waals surface area contributed by atoms with Gasteiger partial charge in [0.2, 0.25) is 0 Å². The third-order valence-corrected chi connectivity index (χ3v) is 3.31. The second-order valence-electron chi connectivity index (χ2n) is 4.83. The fraction of sp³-hybridized carbons (Fsp3) is 0.786. The van der Waals surface area contributed by atoms with Crippen molar-refractivity contribution in [1.29, 1.82) is 0 Å². The molecule has 4 nitrogen and oxygen atoms in total. The van der Waals surface area contributed by atoms with E-state index in [0.29, 0.717) is 0 Å². The average Bonchev–Trinajstić information content (AvgIpc) is 2.66. The average molecular weight is 252 g/mol. The molecule has 0 bridgehead atoms. The van der Waals surface area contributed by atoms with Gasteiger partial charge in [-0.25, -0.2) is 4.68 Å². The molecule has 1 aromatic heterocycles. The quantitative estimate of drug-likeness (QED) is 0.773. The third kappa shape index (κ3) is 3.40. The second-order valence-corrected chi connectivity index (χ2v) is 4.83. The van der Waals surface area contributed by atoms with Crippen molar-refractivity contribution in [3.8, 4) is 0 Å². The predicted octanol–water partition coefficient (Wildman–Crippen LogP) is 3.20. The van der Waals surface area contributed by atoms with E-state index in [1.807, 2.05) is 11.6 Å². The van der Waals surface area contributed by atoms with Crippen LogP contribution in [-0.4, -0.2) is 22.9 Å². The van der Waals surface area contributed by atoms with E-state index in [1.54, 1.807) is 0 Å². The van der Waals surface area contributed by atoms with Crippen LogP contribution in [0.15, 0.2) is 0 Å². The SMILES string of the molecule is CCCCN(CCCC)c1c(N)c(C)nn1CC. The van der Waals surface area contributed by atoms with Crippen LogP contribution in [-0.2, 0) is 6.54 Å². The molecule has 1 heterocycles. The van der Waals surface area contributed by atoms with Gasteiger partial charge in [0.1, 0.15) is 0 Å². The van der Waals surface area contributed by atoms with Crippen molar-refractivity contribution in [2.45, 2.75) is 59.9 Å². The van der Waals surface area contributed by atoms with Crippen molar-refractivity contribution in [3.05, 3.63) is 5.69 Å². The van der Waals surface area contributed by atoms with Crippen LogP contribution in [0, 0.1) is 6.92 Å². The normalized spacial score (nSPS) is 10.9. The van der Waals surface area contributed by atoms with Gasteiger partial charge in [0.15, 0.2) is 5.82 Å². The molecule has 1 aromatic rings. The monoisotopic (exact) mass is 252 g/mol. The Morgan fingerprint density at radius 1 is 1.11 bits per heavy atom. The molecule has 104 valence electrons. The Labute approximate surface area is 111 Å². The Kier molecular flexibility index (Phi) is 6.02. The zero-order valence-electron chi connectivity index (χ0n) is 12.4. The minimum Gasteiger partial charge on any atom is -0.394 e. The van der Waals surface area contributed by atoms with Crippen LogP contribution in [0.5, 0.6) is 0 Å². The molecule has 0 saturated carbocycles. The Balaban J connectivity index is 2.94. The largest absolute Gasteiger partial charge is 0.394 e. The number of aromatic nitrogens is 2. The summed E-state index contributed by atoms with van der Waals surface area (Å²) in [5, 5.41) is 4.52. The predicted molar refractivity (Wildman–Crippen MR) is 79.1 cm³/mol. The summed E-state index contributed by atoms with van der Waals surface area (Å²) in [6.45, 7) is 11.6. The number of hydrogen-bond donors (Lipinski definition) is 1. The number of anilines is 2. The lowest BCUT2D eigenvalue weighted by Crippen LogP contribution is -2.28. The van der Waals surface area contributed by atoms with Gasteiger partial charge in [-0.3, -0.25) is 0 Å². The van der Waals surface area contributed by atoms with Gasteiger partial charge in [-0.05, 0) is 26.7 Å². The van der Waals surface area contributed by atoms with Gasteiger partial charge >= 0.3 is 0 Å². The number of nitrogens with zero attached hydrogens (tertiary/aromatic N) is 3. The maximum Gasteiger partial charge on any atom is 0.150 e. The van der Waals surface area contributed by atoms with E-state index >= 15 is 0 Å². The van der Waals surface area contributed by atoms with Gasteiger partial charge in [-0.15, -0.1) is 0 Å². The molecule has 1 rings (SSSR count). The molecule has 18 heavy (non-hydrogen) atoms. The minimum atomic E-state index is 0.851. The Morgan fingerprint density at radius 2 is 1.67 bits per heavy atom. The highest BCUT2D eigenvalue weighted by molar-refractivity contribution is 5.66. The summed E-state index contributed by atoms with van der Waals surface area (Å²) in [6, 6.07) is 0. The molecule has 0 saturated heterocycles. The first-order valence-electron chi connectivity index (χ1n) is 7.23. The van der Waals surface area contributed by atoms with Crippen LogP contribution in [0.1, 0.15) is 52.1 Å². The van der Waals surface area contributed by atoms with Crippen LogP contribution < -0.4 is 10.6 Å². The lowest BCUT2D eigenvalue weighted by atomic mass is 10.2. The smallest absolute Gasteiger partial charge is 0.150 e. The van der Waals surface area contributed by atoms with E-state index in [4.69, 9.17) is 5.73 Å². The van der Waals surface area contributed by atoms with Gasteiger partial charge in [-0.2, -0.15) is 5.10 Å². The van der Waals surface area contributed by atoms with Gasteiger partial charge in [0, 0.05) is 19.6 Å². The van der Waals surface area contributed by atoms with Crippen molar-refractivity contribution in [1.82, 2.24) is 9.78 Å². The first kappa shape index (κ1) is 14.9. The van der Waals surface area contributed by atoms with Gasteiger partial charge < -0.3 is 10.6 Å². The zero-order chi connectivity index (χ0) is 13.5. The summed E-state index contributed by atoms with van der Waals surface area (Å²) in [6.07, 6.45) is 4.83. The topological polar surface area (TPSA) is 47.1 Å². The van der Waals surface area contributed by atoms with Crippen LogP contribution in [0.2, 0.25) is 0 Å². The van der Waals surface area contributed by atoms with Crippen molar-refractivity contribution in [2.75, 3.05) is 23.7 Å². The molecule has 2 N–H and O–H groups in total. The van der Waals surface area contributed by atoms with Gasteiger partial charge in [-0.1, -0.05) is 26.7 Å². The molecular formula is C14H28N4. The first-order chi connectivity index (χ1) is 8.65. The molecule has 0 aliphatic carbocycles. The molecule has 0 fully saturated rings. The summed E-state index contributed by atoms with van der Waals surface area (Å²) < 4.78 is 2.04. The highest BCUT2D eigenvalue weighted by Gasteiger charge is 2.17. The van der Waals surface area contributed by atoms with Crippen molar-refractivity contribution in [2.24, 2.45) is 0 Å². The standard InChI is InChI=1S/C14H28N4/c1-5-8-10-17(11-9-6-2)14-13(15)12(4)16-18(14)7-3/h5-11,15H2,1-4H3. The van der Waals surface area contributed by atoms with Gasteiger partial charge in [0.05, 0.1) is 11.4 Å². The number of nitrogen functional groups attached to an aromatic ring is 1. The summed E-state index contributed by atoms with van der Waals surface area (Å²) in [5.41, 5.74) is 8.00. The van der Waals surface area contributed by atoms with Crippen LogP contribution in [0.4, 0.5) is 11.5 Å². The van der Waals surface area contributed by atoms with Crippen LogP contribution in [0.25, 0.3) is 0 Å². The van der Waals surface area contributed by atoms with Crippen LogP contribution in [0.3, 0.4) is 0 Å².